The van der Waals surface area contributed by atoms with Crippen molar-refractivity contribution in [3.8, 4) is 0 Å². The highest BCUT2D eigenvalue weighted by atomic mass is 16.3. The molecule has 2 aliphatic rings. The summed E-state index contributed by atoms with van der Waals surface area (Å²) in [5.74, 6) is 0. The summed E-state index contributed by atoms with van der Waals surface area (Å²) in [5, 5.41) is 10.1. The zero-order chi connectivity index (χ0) is 14.7. The average molecular weight is 288 g/mol. The number of hydrogen-bond acceptors (Lipinski definition) is 3. The van der Waals surface area contributed by atoms with E-state index in [4.69, 9.17) is 0 Å². The second-order valence-electron chi connectivity index (χ2n) is 6.90. The van der Waals surface area contributed by atoms with Crippen molar-refractivity contribution in [2.75, 3.05) is 43.1 Å². The van der Waals surface area contributed by atoms with Gasteiger partial charge in [0.15, 0.2) is 0 Å². The summed E-state index contributed by atoms with van der Waals surface area (Å²) in [5.41, 5.74) is 2.77. The van der Waals surface area contributed by atoms with Crippen molar-refractivity contribution in [1.29, 1.82) is 0 Å². The van der Waals surface area contributed by atoms with Gasteiger partial charge in [0, 0.05) is 32.1 Å². The SMILES string of the molecule is CN1CCN(CC2(CO)CCCCCC2)c2ccccc21. The molecule has 0 saturated heterocycles. The quantitative estimate of drug-likeness (QED) is 0.865. The molecule has 1 heterocycles. The minimum absolute atomic E-state index is 0.111. The molecule has 1 aromatic carbocycles. The van der Waals surface area contributed by atoms with Gasteiger partial charge in [0.2, 0.25) is 0 Å². The fourth-order valence-corrected chi connectivity index (χ4v) is 3.98. The maximum absolute atomic E-state index is 10.1. The lowest BCUT2D eigenvalue weighted by molar-refractivity contribution is 0.112. The van der Waals surface area contributed by atoms with Crippen LogP contribution in [0.3, 0.4) is 0 Å². The maximum atomic E-state index is 10.1. The van der Waals surface area contributed by atoms with Crippen LogP contribution in [0.1, 0.15) is 38.5 Å². The predicted octanol–water partition coefficient (Wildman–Crippen LogP) is 3.28. The van der Waals surface area contributed by atoms with Gasteiger partial charge in [0.1, 0.15) is 0 Å². The Bertz CT molecular complexity index is 466. The van der Waals surface area contributed by atoms with Gasteiger partial charge in [-0.3, -0.25) is 0 Å². The molecule has 1 aliphatic heterocycles. The molecule has 3 heteroatoms. The van der Waals surface area contributed by atoms with Crippen molar-refractivity contribution in [3.63, 3.8) is 0 Å². The maximum Gasteiger partial charge on any atom is 0.0604 e. The molecule has 1 aliphatic carbocycles. The molecule has 3 nitrogen and oxygen atoms in total. The van der Waals surface area contributed by atoms with Crippen LogP contribution in [-0.4, -0.2) is 38.4 Å². The first-order valence-electron chi connectivity index (χ1n) is 8.40. The molecule has 0 atom stereocenters. The molecule has 116 valence electrons. The lowest BCUT2D eigenvalue weighted by Crippen LogP contribution is -2.46. The smallest absolute Gasteiger partial charge is 0.0604 e. The Morgan fingerprint density at radius 1 is 1.00 bits per heavy atom. The summed E-state index contributed by atoms with van der Waals surface area (Å²) in [6.45, 7) is 3.48. The molecular formula is C18H28N2O. The topological polar surface area (TPSA) is 26.7 Å². The van der Waals surface area contributed by atoms with E-state index in [9.17, 15) is 5.11 Å². The number of aliphatic hydroxyl groups excluding tert-OH is 1. The van der Waals surface area contributed by atoms with E-state index >= 15 is 0 Å². The highest BCUT2D eigenvalue weighted by Gasteiger charge is 2.34. The standard InChI is InChI=1S/C18H28N2O/c1-19-12-13-20(17-9-5-4-8-16(17)19)14-18(15-21)10-6-2-3-7-11-18/h4-5,8-9,21H,2-3,6-7,10-15H2,1H3. The van der Waals surface area contributed by atoms with Crippen molar-refractivity contribution >= 4 is 11.4 Å². The number of para-hydroxylation sites is 2. The van der Waals surface area contributed by atoms with Crippen LogP contribution in [0.2, 0.25) is 0 Å². The Morgan fingerprint density at radius 3 is 2.33 bits per heavy atom. The number of benzene rings is 1. The van der Waals surface area contributed by atoms with E-state index in [1.807, 2.05) is 0 Å². The first-order valence-corrected chi connectivity index (χ1v) is 8.40. The average Bonchev–Trinajstić information content (AvgIpc) is 2.77. The van der Waals surface area contributed by atoms with E-state index in [1.165, 1.54) is 49.9 Å². The van der Waals surface area contributed by atoms with Gasteiger partial charge in [-0.05, 0) is 25.0 Å². The number of hydrogen-bond donors (Lipinski definition) is 1. The van der Waals surface area contributed by atoms with E-state index in [2.05, 4.69) is 41.1 Å². The van der Waals surface area contributed by atoms with Gasteiger partial charge in [-0.15, -0.1) is 0 Å². The first-order chi connectivity index (χ1) is 10.2. The van der Waals surface area contributed by atoms with E-state index in [1.54, 1.807) is 0 Å². The van der Waals surface area contributed by atoms with Crippen molar-refractivity contribution in [1.82, 2.24) is 0 Å². The first kappa shape index (κ1) is 14.7. The van der Waals surface area contributed by atoms with Gasteiger partial charge < -0.3 is 14.9 Å². The van der Waals surface area contributed by atoms with Gasteiger partial charge >= 0.3 is 0 Å². The van der Waals surface area contributed by atoms with Gasteiger partial charge in [-0.2, -0.15) is 0 Å². The normalized spacial score (nSPS) is 21.8. The summed E-state index contributed by atoms with van der Waals surface area (Å²) in [7, 11) is 2.17. The Morgan fingerprint density at radius 2 is 1.67 bits per heavy atom. The molecular weight excluding hydrogens is 260 g/mol. The molecule has 0 spiro atoms. The van der Waals surface area contributed by atoms with E-state index in [0.717, 1.165) is 19.6 Å². The zero-order valence-corrected chi connectivity index (χ0v) is 13.2. The Balaban J connectivity index is 1.82. The van der Waals surface area contributed by atoms with Gasteiger partial charge in [-0.1, -0.05) is 37.8 Å². The van der Waals surface area contributed by atoms with Gasteiger partial charge in [0.05, 0.1) is 18.0 Å². The fourth-order valence-electron chi connectivity index (χ4n) is 3.98. The van der Waals surface area contributed by atoms with Crippen molar-refractivity contribution in [2.24, 2.45) is 5.41 Å². The molecule has 0 radical (unpaired) electrons. The number of nitrogens with zero attached hydrogens (tertiary/aromatic N) is 2. The molecule has 0 aromatic heterocycles. The minimum Gasteiger partial charge on any atom is -0.396 e. The summed E-state index contributed by atoms with van der Waals surface area (Å²) in [6, 6.07) is 8.68. The van der Waals surface area contributed by atoms with Crippen molar-refractivity contribution in [3.05, 3.63) is 24.3 Å². The van der Waals surface area contributed by atoms with Crippen LogP contribution in [0.15, 0.2) is 24.3 Å². The molecule has 1 N–H and O–H groups in total. The molecule has 1 aromatic rings. The molecule has 0 amide bonds. The molecule has 1 fully saturated rings. The van der Waals surface area contributed by atoms with Crippen LogP contribution in [0, 0.1) is 5.41 Å². The summed E-state index contributed by atoms with van der Waals surface area (Å²) in [4.78, 5) is 4.85. The van der Waals surface area contributed by atoms with Crippen LogP contribution in [-0.2, 0) is 0 Å². The molecule has 21 heavy (non-hydrogen) atoms. The van der Waals surface area contributed by atoms with Crippen LogP contribution in [0.25, 0.3) is 0 Å². The summed E-state index contributed by atoms with van der Waals surface area (Å²) < 4.78 is 0. The molecule has 0 unspecified atom stereocenters. The van der Waals surface area contributed by atoms with Crippen molar-refractivity contribution in [2.45, 2.75) is 38.5 Å². The van der Waals surface area contributed by atoms with E-state index < -0.39 is 0 Å². The number of anilines is 2. The van der Waals surface area contributed by atoms with Gasteiger partial charge in [-0.25, -0.2) is 0 Å². The third-order valence-electron chi connectivity index (χ3n) is 5.36. The predicted molar refractivity (Wildman–Crippen MR) is 89.1 cm³/mol. The monoisotopic (exact) mass is 288 g/mol. The van der Waals surface area contributed by atoms with Crippen molar-refractivity contribution < 1.29 is 5.11 Å². The zero-order valence-electron chi connectivity index (χ0n) is 13.2. The molecule has 3 rings (SSSR count). The Kier molecular flexibility index (Phi) is 4.39. The number of aliphatic hydroxyl groups is 1. The highest BCUT2D eigenvalue weighted by molar-refractivity contribution is 5.73. The second kappa shape index (κ2) is 6.27. The van der Waals surface area contributed by atoms with Crippen LogP contribution < -0.4 is 9.80 Å². The van der Waals surface area contributed by atoms with Gasteiger partial charge in [0.25, 0.3) is 0 Å². The second-order valence-corrected chi connectivity index (χ2v) is 6.90. The largest absolute Gasteiger partial charge is 0.396 e. The lowest BCUT2D eigenvalue weighted by Gasteiger charge is -2.42. The van der Waals surface area contributed by atoms with Crippen LogP contribution >= 0.6 is 0 Å². The third kappa shape index (κ3) is 3.03. The molecule has 1 saturated carbocycles. The Hall–Kier alpha value is -1.22. The van der Waals surface area contributed by atoms with E-state index in [0.29, 0.717) is 6.61 Å². The van der Waals surface area contributed by atoms with Crippen LogP contribution in [0.5, 0.6) is 0 Å². The minimum atomic E-state index is 0.111. The van der Waals surface area contributed by atoms with Crippen LogP contribution in [0.4, 0.5) is 11.4 Å². The lowest BCUT2D eigenvalue weighted by atomic mass is 9.80. The number of fused-ring (bicyclic) bond motifs is 1. The number of rotatable bonds is 3. The van der Waals surface area contributed by atoms with E-state index in [-0.39, 0.29) is 5.41 Å². The summed E-state index contributed by atoms with van der Waals surface area (Å²) >= 11 is 0. The number of likely N-dealkylation sites (N-methyl/N-ethyl adjacent to an activating group) is 1. The summed E-state index contributed by atoms with van der Waals surface area (Å²) in [6.07, 6.45) is 7.57. The molecule has 0 bridgehead atoms. The third-order valence-corrected chi connectivity index (χ3v) is 5.36. The fraction of sp³-hybridized carbons (Fsp3) is 0.667. The highest BCUT2D eigenvalue weighted by Crippen LogP contribution is 2.39. The Labute approximate surface area is 128 Å².